The Balaban J connectivity index is 2.25. The third-order valence-electron chi connectivity index (χ3n) is 2.58. The van der Waals surface area contributed by atoms with Crippen LogP contribution in [0.4, 0.5) is 11.5 Å². The van der Waals surface area contributed by atoms with Crippen LogP contribution >= 0.6 is 0 Å². The quantitative estimate of drug-likeness (QED) is 0.620. The van der Waals surface area contributed by atoms with Gasteiger partial charge in [0.2, 0.25) is 5.82 Å². The van der Waals surface area contributed by atoms with Gasteiger partial charge in [-0.05, 0) is 19.4 Å². The van der Waals surface area contributed by atoms with Crippen LogP contribution in [0.1, 0.15) is 12.0 Å². The Kier molecular flexibility index (Phi) is 3.00. The topological polar surface area (TPSA) is 77.3 Å². The van der Waals surface area contributed by atoms with Gasteiger partial charge in [-0.2, -0.15) is 0 Å². The molecule has 0 spiro atoms. The highest BCUT2D eigenvalue weighted by Gasteiger charge is 2.23. The Bertz CT molecular complexity index is 402. The van der Waals surface area contributed by atoms with Gasteiger partial charge in [0.1, 0.15) is 0 Å². The maximum atomic E-state index is 10.9. The van der Waals surface area contributed by atoms with E-state index in [1.807, 2.05) is 0 Å². The molecule has 16 heavy (non-hydrogen) atoms. The molecular formula is C10H13N3O3. The largest absolute Gasteiger partial charge is 0.379 e. The van der Waals surface area contributed by atoms with Gasteiger partial charge in [-0.3, -0.25) is 10.1 Å². The zero-order valence-electron chi connectivity index (χ0n) is 8.97. The molecular weight excluding hydrogens is 210 g/mol. The number of hydrogen-bond acceptors (Lipinski definition) is 5. The summed E-state index contributed by atoms with van der Waals surface area (Å²) in [6, 6.07) is 1.75. The molecule has 1 aromatic heterocycles. The second-order valence-electron chi connectivity index (χ2n) is 3.79. The van der Waals surface area contributed by atoms with Crippen molar-refractivity contribution < 1.29 is 9.66 Å². The molecule has 0 amide bonds. The predicted octanol–water partition coefficient (Wildman–Crippen LogP) is 1.50. The Morgan fingerprint density at radius 3 is 3.12 bits per heavy atom. The fourth-order valence-electron chi connectivity index (χ4n) is 1.73. The second-order valence-corrected chi connectivity index (χ2v) is 3.79. The fraction of sp³-hybridized carbons (Fsp3) is 0.500. The SMILES string of the molecule is Cc1ccnc(NC2CCOC2)c1[N+](=O)[O-]. The summed E-state index contributed by atoms with van der Waals surface area (Å²) in [7, 11) is 0. The van der Waals surface area contributed by atoms with Gasteiger partial charge < -0.3 is 10.1 Å². The number of ether oxygens (including phenoxy) is 1. The molecule has 1 saturated heterocycles. The van der Waals surface area contributed by atoms with Crippen molar-refractivity contribution in [2.45, 2.75) is 19.4 Å². The lowest BCUT2D eigenvalue weighted by molar-refractivity contribution is -0.384. The van der Waals surface area contributed by atoms with Crippen molar-refractivity contribution in [3.63, 3.8) is 0 Å². The van der Waals surface area contributed by atoms with Gasteiger partial charge in [-0.25, -0.2) is 4.98 Å². The maximum Gasteiger partial charge on any atom is 0.314 e. The van der Waals surface area contributed by atoms with E-state index in [1.165, 1.54) is 0 Å². The van der Waals surface area contributed by atoms with Crippen molar-refractivity contribution in [2.24, 2.45) is 0 Å². The highest BCUT2D eigenvalue weighted by Crippen LogP contribution is 2.26. The molecule has 0 aliphatic carbocycles. The summed E-state index contributed by atoms with van der Waals surface area (Å²) in [5.41, 5.74) is 0.663. The van der Waals surface area contributed by atoms with Gasteiger partial charge in [-0.15, -0.1) is 0 Å². The number of nitro groups is 1. The number of hydrogen-bond donors (Lipinski definition) is 1. The Morgan fingerprint density at radius 2 is 2.50 bits per heavy atom. The molecule has 0 aromatic carbocycles. The number of anilines is 1. The van der Waals surface area contributed by atoms with E-state index < -0.39 is 4.92 Å². The number of aromatic nitrogens is 1. The van der Waals surface area contributed by atoms with Crippen molar-refractivity contribution in [3.05, 3.63) is 27.9 Å². The Labute approximate surface area is 92.8 Å². The molecule has 1 aliphatic heterocycles. The summed E-state index contributed by atoms with van der Waals surface area (Å²) in [6.07, 6.45) is 2.42. The van der Waals surface area contributed by atoms with Crippen molar-refractivity contribution in [1.29, 1.82) is 0 Å². The minimum atomic E-state index is -0.402. The van der Waals surface area contributed by atoms with Crippen LogP contribution in [-0.2, 0) is 4.74 Å². The first-order valence-electron chi connectivity index (χ1n) is 5.13. The van der Waals surface area contributed by atoms with Gasteiger partial charge in [0, 0.05) is 18.4 Å². The highest BCUT2D eigenvalue weighted by atomic mass is 16.6. The molecule has 0 saturated carbocycles. The van der Waals surface area contributed by atoms with Crippen LogP contribution in [-0.4, -0.2) is 29.2 Å². The lowest BCUT2D eigenvalue weighted by Gasteiger charge is -2.11. The smallest absolute Gasteiger partial charge is 0.314 e. The summed E-state index contributed by atoms with van der Waals surface area (Å²) in [5.74, 6) is 0.334. The molecule has 1 aliphatic rings. The highest BCUT2D eigenvalue weighted by molar-refractivity contribution is 5.60. The summed E-state index contributed by atoms with van der Waals surface area (Å²) >= 11 is 0. The average molecular weight is 223 g/mol. The molecule has 1 aromatic rings. The van der Waals surface area contributed by atoms with Crippen molar-refractivity contribution >= 4 is 11.5 Å². The number of rotatable bonds is 3. The molecule has 6 heteroatoms. The molecule has 1 fully saturated rings. The van der Waals surface area contributed by atoms with E-state index >= 15 is 0 Å². The molecule has 2 heterocycles. The zero-order valence-corrected chi connectivity index (χ0v) is 8.97. The third-order valence-corrected chi connectivity index (χ3v) is 2.58. The number of pyridine rings is 1. The third kappa shape index (κ3) is 2.11. The van der Waals surface area contributed by atoms with Gasteiger partial charge in [0.15, 0.2) is 0 Å². The van der Waals surface area contributed by atoms with Crippen molar-refractivity contribution in [3.8, 4) is 0 Å². The molecule has 0 radical (unpaired) electrons. The minimum Gasteiger partial charge on any atom is -0.379 e. The maximum absolute atomic E-state index is 10.9. The van der Waals surface area contributed by atoms with E-state index in [2.05, 4.69) is 10.3 Å². The first kappa shape index (κ1) is 10.8. The second kappa shape index (κ2) is 4.44. The first-order chi connectivity index (χ1) is 7.68. The van der Waals surface area contributed by atoms with E-state index in [0.717, 1.165) is 6.42 Å². The molecule has 2 rings (SSSR count). The molecule has 1 N–H and O–H groups in total. The van der Waals surface area contributed by atoms with Crippen LogP contribution in [0.15, 0.2) is 12.3 Å². The summed E-state index contributed by atoms with van der Waals surface area (Å²) in [6.45, 7) is 2.97. The number of nitrogens with one attached hydrogen (secondary N) is 1. The summed E-state index contributed by atoms with van der Waals surface area (Å²) < 4.78 is 5.20. The minimum absolute atomic E-state index is 0.0504. The molecule has 1 unspecified atom stereocenters. The molecule has 86 valence electrons. The zero-order chi connectivity index (χ0) is 11.5. The predicted molar refractivity (Wildman–Crippen MR) is 58.5 cm³/mol. The van der Waals surface area contributed by atoms with E-state index in [-0.39, 0.29) is 11.7 Å². The van der Waals surface area contributed by atoms with E-state index in [4.69, 9.17) is 4.74 Å². The molecule has 0 bridgehead atoms. The van der Waals surface area contributed by atoms with Crippen LogP contribution in [0.2, 0.25) is 0 Å². The standard InChI is InChI=1S/C10H13N3O3/c1-7-2-4-11-10(9(7)13(14)15)12-8-3-5-16-6-8/h2,4,8H,3,5-6H2,1H3,(H,11,12). The summed E-state index contributed by atoms with van der Waals surface area (Å²) in [4.78, 5) is 14.5. The van der Waals surface area contributed by atoms with Crippen LogP contribution in [0.25, 0.3) is 0 Å². The lowest BCUT2D eigenvalue weighted by atomic mass is 10.2. The van der Waals surface area contributed by atoms with Crippen LogP contribution in [0.5, 0.6) is 0 Å². The first-order valence-corrected chi connectivity index (χ1v) is 5.13. The number of nitrogens with zero attached hydrogens (tertiary/aromatic N) is 2. The van der Waals surface area contributed by atoms with E-state index in [1.54, 1.807) is 19.2 Å². The van der Waals surface area contributed by atoms with Gasteiger partial charge in [0.05, 0.1) is 17.6 Å². The monoisotopic (exact) mass is 223 g/mol. The van der Waals surface area contributed by atoms with Crippen molar-refractivity contribution in [1.82, 2.24) is 4.98 Å². The van der Waals surface area contributed by atoms with Crippen LogP contribution < -0.4 is 5.32 Å². The van der Waals surface area contributed by atoms with E-state index in [0.29, 0.717) is 24.6 Å². The Morgan fingerprint density at radius 1 is 1.69 bits per heavy atom. The van der Waals surface area contributed by atoms with Crippen LogP contribution in [0.3, 0.4) is 0 Å². The van der Waals surface area contributed by atoms with Gasteiger partial charge in [-0.1, -0.05) is 0 Å². The Hall–Kier alpha value is -1.69. The summed E-state index contributed by atoms with van der Waals surface area (Å²) in [5, 5.41) is 14.0. The molecule has 6 nitrogen and oxygen atoms in total. The average Bonchev–Trinajstić information content (AvgIpc) is 2.70. The van der Waals surface area contributed by atoms with Gasteiger partial charge in [0.25, 0.3) is 0 Å². The van der Waals surface area contributed by atoms with Gasteiger partial charge >= 0.3 is 5.69 Å². The van der Waals surface area contributed by atoms with Crippen LogP contribution in [0, 0.1) is 17.0 Å². The van der Waals surface area contributed by atoms with E-state index in [9.17, 15) is 10.1 Å². The molecule has 1 atom stereocenters. The normalized spacial score (nSPS) is 19.7. The fourth-order valence-corrected chi connectivity index (χ4v) is 1.73. The van der Waals surface area contributed by atoms with Crippen molar-refractivity contribution in [2.75, 3.05) is 18.5 Å². The number of aryl methyl sites for hydroxylation is 1. The lowest BCUT2D eigenvalue weighted by Crippen LogP contribution is -2.20.